The predicted octanol–water partition coefficient (Wildman–Crippen LogP) is 2.23. The minimum absolute atomic E-state index is 0.153. The largest absolute Gasteiger partial charge is 0.351 e. The third-order valence-corrected chi connectivity index (χ3v) is 4.00. The molecule has 2 amide bonds. The molecule has 0 saturated heterocycles. The van der Waals surface area contributed by atoms with Gasteiger partial charge in [-0.2, -0.15) is 0 Å². The van der Waals surface area contributed by atoms with Gasteiger partial charge in [0.05, 0.1) is 16.8 Å². The van der Waals surface area contributed by atoms with E-state index in [1.807, 2.05) is 32.8 Å². The van der Waals surface area contributed by atoms with Crippen LogP contribution in [0.3, 0.4) is 0 Å². The zero-order valence-electron chi connectivity index (χ0n) is 17.9. The summed E-state index contributed by atoms with van der Waals surface area (Å²) in [5, 5.41) is 16.3. The molecule has 2 heterocycles. The molecule has 0 aliphatic heterocycles. The van der Waals surface area contributed by atoms with Gasteiger partial charge in [0.25, 0.3) is 17.5 Å². The van der Waals surface area contributed by atoms with Crippen molar-refractivity contribution < 1.29 is 14.5 Å². The first-order chi connectivity index (χ1) is 13.7. The number of amides is 2. The van der Waals surface area contributed by atoms with Crippen LogP contribution in [0.1, 0.15) is 41.2 Å². The summed E-state index contributed by atoms with van der Waals surface area (Å²) in [4.78, 5) is 36.9. The lowest BCUT2D eigenvalue weighted by atomic mass is 10.3. The topological polar surface area (TPSA) is 114 Å². The van der Waals surface area contributed by atoms with Crippen molar-refractivity contribution in [2.45, 2.75) is 20.3 Å². The molecule has 2 aromatic rings. The monoisotopic (exact) mass is 406 g/mol. The van der Waals surface area contributed by atoms with E-state index in [2.05, 4.69) is 10.6 Å². The number of nitrogens with one attached hydrogen (secondary N) is 2. The van der Waals surface area contributed by atoms with Crippen molar-refractivity contribution in [1.29, 1.82) is 0 Å². The Morgan fingerprint density at radius 2 is 1.66 bits per heavy atom. The van der Waals surface area contributed by atoms with Crippen LogP contribution in [0.4, 0.5) is 11.4 Å². The van der Waals surface area contributed by atoms with Crippen molar-refractivity contribution >= 4 is 23.2 Å². The number of nitrogens with zero attached hydrogens (tertiary/aromatic N) is 4. The number of carbonyl (C=O) groups is 2. The Morgan fingerprint density at radius 1 is 1.07 bits per heavy atom. The van der Waals surface area contributed by atoms with Crippen LogP contribution in [0.5, 0.6) is 0 Å². The molecule has 2 rings (SSSR count). The molecule has 0 aromatic carbocycles. The van der Waals surface area contributed by atoms with E-state index in [0.717, 1.165) is 13.0 Å². The van der Waals surface area contributed by atoms with Crippen LogP contribution in [-0.2, 0) is 14.1 Å². The maximum atomic E-state index is 12.4. The Morgan fingerprint density at radius 3 is 2.21 bits per heavy atom. The first-order valence-corrected chi connectivity index (χ1v) is 9.40. The standard InChI is InChI=1S/C17H24N6O4.C2H6/c1-20(2)7-5-6-18-16(24)14-8-12(10-21(14)3)19-17(25)15-9-13(23(26)27)11-22(15)4;1-2/h8-11H,5-7H2,1-4H3,(H,18,24)(H,19,25);1-2H3. The molecule has 2 aromatic heterocycles. The fourth-order valence-corrected chi connectivity index (χ4v) is 2.61. The van der Waals surface area contributed by atoms with Gasteiger partial charge in [0, 0.05) is 32.9 Å². The van der Waals surface area contributed by atoms with E-state index in [0.29, 0.717) is 17.9 Å². The molecular weight excluding hydrogens is 376 g/mol. The third kappa shape index (κ3) is 6.75. The highest BCUT2D eigenvalue weighted by atomic mass is 16.6. The average Bonchev–Trinajstić information content (AvgIpc) is 3.23. The number of aromatic nitrogens is 2. The van der Waals surface area contributed by atoms with Gasteiger partial charge in [0.1, 0.15) is 11.4 Å². The Kier molecular flexibility index (Phi) is 9.07. The summed E-state index contributed by atoms with van der Waals surface area (Å²) in [5.41, 5.74) is 0.839. The Labute approximate surface area is 170 Å². The van der Waals surface area contributed by atoms with Crippen LogP contribution in [0.2, 0.25) is 0 Å². The Bertz CT molecular complexity index is 853. The first-order valence-electron chi connectivity index (χ1n) is 9.40. The van der Waals surface area contributed by atoms with Crippen molar-refractivity contribution in [3.8, 4) is 0 Å². The van der Waals surface area contributed by atoms with E-state index >= 15 is 0 Å². The molecule has 0 radical (unpaired) electrons. The maximum absolute atomic E-state index is 12.4. The molecule has 0 unspecified atom stereocenters. The molecule has 10 nitrogen and oxygen atoms in total. The molecular formula is C19H30N6O4. The summed E-state index contributed by atoms with van der Waals surface area (Å²) in [6, 6.07) is 2.77. The molecule has 0 aliphatic rings. The zero-order chi connectivity index (χ0) is 22.1. The van der Waals surface area contributed by atoms with Gasteiger partial charge in [0.15, 0.2) is 0 Å². The molecule has 2 N–H and O–H groups in total. The second kappa shape index (κ2) is 11.0. The molecule has 0 saturated carbocycles. The van der Waals surface area contributed by atoms with Crippen LogP contribution in [0.15, 0.2) is 24.5 Å². The van der Waals surface area contributed by atoms with E-state index < -0.39 is 10.8 Å². The van der Waals surface area contributed by atoms with Gasteiger partial charge in [-0.1, -0.05) is 13.8 Å². The van der Waals surface area contributed by atoms with Gasteiger partial charge in [-0.3, -0.25) is 19.7 Å². The summed E-state index contributed by atoms with van der Waals surface area (Å²) in [7, 11) is 7.20. The molecule has 10 heteroatoms. The normalized spacial score (nSPS) is 10.3. The van der Waals surface area contributed by atoms with E-state index in [4.69, 9.17) is 0 Å². The summed E-state index contributed by atoms with van der Waals surface area (Å²) in [6.07, 6.45) is 3.72. The highest BCUT2D eigenvalue weighted by Crippen LogP contribution is 2.18. The van der Waals surface area contributed by atoms with Crippen LogP contribution in [0, 0.1) is 10.1 Å². The highest BCUT2D eigenvalue weighted by molar-refractivity contribution is 6.04. The molecule has 0 bridgehead atoms. The summed E-state index contributed by atoms with van der Waals surface area (Å²) in [6.45, 7) is 5.43. The highest BCUT2D eigenvalue weighted by Gasteiger charge is 2.19. The van der Waals surface area contributed by atoms with E-state index in [9.17, 15) is 19.7 Å². The minimum Gasteiger partial charge on any atom is -0.351 e. The zero-order valence-corrected chi connectivity index (χ0v) is 17.9. The fraction of sp³-hybridized carbons (Fsp3) is 0.474. The van der Waals surface area contributed by atoms with Crippen molar-refractivity contribution in [3.63, 3.8) is 0 Å². The molecule has 29 heavy (non-hydrogen) atoms. The minimum atomic E-state index is -0.557. The number of rotatable bonds is 8. The van der Waals surface area contributed by atoms with Crippen molar-refractivity contribution in [2.75, 3.05) is 32.5 Å². The van der Waals surface area contributed by atoms with Gasteiger partial charge in [0.2, 0.25) is 0 Å². The summed E-state index contributed by atoms with van der Waals surface area (Å²) < 4.78 is 3.00. The number of hydrogen-bond donors (Lipinski definition) is 2. The quantitative estimate of drug-likeness (QED) is 0.396. The second-order valence-electron chi connectivity index (χ2n) is 6.54. The molecule has 0 aliphatic carbocycles. The van der Waals surface area contributed by atoms with Crippen LogP contribution in [0.25, 0.3) is 0 Å². The number of anilines is 1. The second-order valence-corrected chi connectivity index (χ2v) is 6.54. The third-order valence-electron chi connectivity index (χ3n) is 4.00. The van der Waals surface area contributed by atoms with Gasteiger partial charge in [-0.05, 0) is 33.1 Å². The van der Waals surface area contributed by atoms with Gasteiger partial charge < -0.3 is 24.7 Å². The number of nitro groups is 1. The summed E-state index contributed by atoms with van der Waals surface area (Å²) in [5.74, 6) is -0.722. The lowest BCUT2D eigenvalue weighted by Crippen LogP contribution is -2.28. The van der Waals surface area contributed by atoms with Crippen LogP contribution < -0.4 is 10.6 Å². The van der Waals surface area contributed by atoms with Crippen LogP contribution >= 0.6 is 0 Å². The Balaban J connectivity index is 0.00000204. The summed E-state index contributed by atoms with van der Waals surface area (Å²) >= 11 is 0. The smallest absolute Gasteiger partial charge is 0.287 e. The van der Waals surface area contributed by atoms with E-state index in [1.54, 1.807) is 30.9 Å². The molecule has 0 spiro atoms. The van der Waals surface area contributed by atoms with E-state index in [-0.39, 0.29) is 17.3 Å². The van der Waals surface area contributed by atoms with Crippen LogP contribution in [-0.4, -0.2) is 58.0 Å². The molecule has 0 fully saturated rings. The SMILES string of the molecule is CC.CN(C)CCCNC(=O)c1cc(NC(=O)c2cc([N+](=O)[O-])cn2C)cn1C. The van der Waals surface area contributed by atoms with Gasteiger partial charge in [-0.25, -0.2) is 0 Å². The van der Waals surface area contributed by atoms with Crippen molar-refractivity contribution in [3.05, 3.63) is 46.0 Å². The number of carbonyl (C=O) groups excluding carboxylic acids is 2. The predicted molar refractivity (Wildman–Crippen MR) is 112 cm³/mol. The van der Waals surface area contributed by atoms with E-state index in [1.165, 1.54) is 16.8 Å². The lowest BCUT2D eigenvalue weighted by molar-refractivity contribution is -0.384. The fourth-order valence-electron chi connectivity index (χ4n) is 2.61. The maximum Gasteiger partial charge on any atom is 0.287 e. The number of hydrogen-bond acceptors (Lipinski definition) is 5. The number of aryl methyl sites for hydroxylation is 2. The lowest BCUT2D eigenvalue weighted by Gasteiger charge is -2.10. The van der Waals surface area contributed by atoms with Crippen molar-refractivity contribution in [2.24, 2.45) is 14.1 Å². The average molecular weight is 406 g/mol. The molecule has 0 atom stereocenters. The molecule has 160 valence electrons. The van der Waals surface area contributed by atoms with Gasteiger partial charge in [-0.15, -0.1) is 0 Å². The van der Waals surface area contributed by atoms with Crippen molar-refractivity contribution in [1.82, 2.24) is 19.4 Å². The van der Waals surface area contributed by atoms with Gasteiger partial charge >= 0.3 is 0 Å². The first kappa shape index (κ1) is 23.9. The Hall–Kier alpha value is -3.14.